The van der Waals surface area contributed by atoms with Crippen LogP contribution in [-0.2, 0) is 23.0 Å². The summed E-state index contributed by atoms with van der Waals surface area (Å²) in [5.41, 5.74) is 3.12. The molecule has 6 rings (SSSR count). The van der Waals surface area contributed by atoms with Crippen LogP contribution < -0.4 is 9.75 Å². The molecule has 202 valence electrons. The average Bonchev–Trinajstić information content (AvgIpc) is 3.66. The molecule has 3 aromatic carbocycles. The van der Waals surface area contributed by atoms with Gasteiger partial charge < -0.3 is 9.15 Å². The first kappa shape index (κ1) is 25.9. The molecule has 0 unspecified atom stereocenters. The van der Waals surface area contributed by atoms with E-state index in [9.17, 15) is 13.2 Å². The maximum atomic E-state index is 13.7. The van der Waals surface area contributed by atoms with Gasteiger partial charge in [0.2, 0.25) is 15.2 Å². The highest BCUT2D eigenvalue weighted by atomic mass is 32.2. The zero-order chi connectivity index (χ0) is 27.7. The Balaban J connectivity index is 1.29. The molecule has 0 radical (unpaired) electrons. The lowest BCUT2D eigenvalue weighted by Gasteiger charge is -2.28. The van der Waals surface area contributed by atoms with Crippen LogP contribution in [0, 0.1) is 0 Å². The molecule has 0 N–H and O–H groups in total. The molecule has 3 heterocycles. The van der Waals surface area contributed by atoms with E-state index in [1.807, 2.05) is 36.4 Å². The van der Waals surface area contributed by atoms with Gasteiger partial charge in [0, 0.05) is 18.7 Å². The lowest BCUT2D eigenvalue weighted by Crippen LogP contribution is -2.36. The first-order valence-electron chi connectivity index (χ1n) is 12.5. The van der Waals surface area contributed by atoms with Crippen LogP contribution in [0.5, 0.6) is 5.75 Å². The number of anilines is 1. The van der Waals surface area contributed by atoms with Crippen molar-refractivity contribution in [2.75, 3.05) is 18.7 Å². The first-order chi connectivity index (χ1) is 19.4. The molecular formula is C29H24N4O5S2. The lowest BCUT2D eigenvalue weighted by atomic mass is 10.0. The quantitative estimate of drug-likeness (QED) is 0.193. The van der Waals surface area contributed by atoms with Gasteiger partial charge in [-0.25, -0.2) is 13.4 Å². The number of sulfonamides is 1. The Bertz CT molecular complexity index is 1810. The largest absolute Gasteiger partial charge is 0.497 e. The van der Waals surface area contributed by atoms with Crippen molar-refractivity contribution in [2.24, 2.45) is 5.10 Å². The molecule has 1 aliphatic heterocycles. The van der Waals surface area contributed by atoms with Crippen molar-refractivity contribution < 1.29 is 22.4 Å². The number of hydrazone groups is 1. The van der Waals surface area contributed by atoms with Gasteiger partial charge in [-0.05, 0) is 72.1 Å². The number of thiazole rings is 1. The topological polar surface area (TPSA) is 105 Å². The Labute approximate surface area is 235 Å². The van der Waals surface area contributed by atoms with Gasteiger partial charge in [-0.2, -0.15) is 14.4 Å². The highest BCUT2D eigenvalue weighted by Gasteiger charge is 2.29. The van der Waals surface area contributed by atoms with Crippen LogP contribution in [0.15, 0.2) is 99.5 Å². The lowest BCUT2D eigenvalue weighted by molar-refractivity contribution is 0.0987. The number of fused-ring (bicyclic) bond motifs is 2. The number of ether oxygens (including phenoxy) is 1. The van der Waals surface area contributed by atoms with Gasteiger partial charge >= 0.3 is 0 Å². The molecule has 11 heteroatoms. The number of carbonyl (C=O) groups excluding carboxylic acids is 1. The maximum Gasteiger partial charge on any atom is 0.280 e. The van der Waals surface area contributed by atoms with Gasteiger partial charge in [-0.3, -0.25) is 4.79 Å². The zero-order valence-corrected chi connectivity index (χ0v) is 23.1. The summed E-state index contributed by atoms with van der Waals surface area (Å²) in [5, 5.41) is 5.90. The van der Waals surface area contributed by atoms with Crippen LogP contribution in [-0.4, -0.2) is 43.5 Å². The van der Waals surface area contributed by atoms with E-state index in [0.29, 0.717) is 41.7 Å². The minimum atomic E-state index is -3.74. The van der Waals surface area contributed by atoms with Crippen LogP contribution in [0.4, 0.5) is 5.13 Å². The summed E-state index contributed by atoms with van der Waals surface area (Å²) in [4.78, 5) is 18.4. The van der Waals surface area contributed by atoms with Crippen LogP contribution >= 0.6 is 11.3 Å². The fourth-order valence-electron chi connectivity index (χ4n) is 4.49. The highest BCUT2D eigenvalue weighted by Crippen LogP contribution is 2.33. The maximum absolute atomic E-state index is 13.7. The Morgan fingerprint density at radius 3 is 2.62 bits per heavy atom. The predicted octanol–water partition coefficient (Wildman–Crippen LogP) is 5.33. The first-order valence-corrected chi connectivity index (χ1v) is 14.7. The van der Waals surface area contributed by atoms with Crippen LogP contribution in [0.25, 0.3) is 10.2 Å². The van der Waals surface area contributed by atoms with E-state index in [1.54, 1.807) is 25.3 Å². The van der Waals surface area contributed by atoms with Crippen molar-refractivity contribution in [3.63, 3.8) is 0 Å². The molecular weight excluding hydrogens is 548 g/mol. The summed E-state index contributed by atoms with van der Waals surface area (Å²) in [5.74, 6) is 0.670. The molecule has 0 aliphatic carbocycles. The standard InChI is InChI=1S/C29H24N4O5S2/c1-37-23-10-13-26-27(17-23)39-29(31-26)33(30-18-24-7-4-16-38-24)28(34)21-8-11-25(12-9-21)40(35,36)32-15-14-20-5-2-3-6-22(20)19-32/h2-13,16-18H,14-15,19H2,1H3/b30-18+. The van der Waals surface area contributed by atoms with E-state index in [0.717, 1.165) is 10.3 Å². The van der Waals surface area contributed by atoms with Gasteiger partial charge in [0.25, 0.3) is 5.91 Å². The molecule has 0 spiro atoms. The minimum Gasteiger partial charge on any atom is -0.497 e. The van der Waals surface area contributed by atoms with E-state index >= 15 is 0 Å². The molecule has 0 atom stereocenters. The number of methoxy groups -OCH3 is 1. The second-order valence-corrected chi connectivity index (χ2v) is 12.0. The van der Waals surface area contributed by atoms with E-state index in [-0.39, 0.29) is 10.5 Å². The molecule has 1 aliphatic rings. The highest BCUT2D eigenvalue weighted by molar-refractivity contribution is 7.89. The van der Waals surface area contributed by atoms with Crippen molar-refractivity contribution in [2.45, 2.75) is 17.9 Å². The summed E-state index contributed by atoms with van der Waals surface area (Å²) in [6.07, 6.45) is 3.60. The predicted molar refractivity (Wildman–Crippen MR) is 153 cm³/mol. The smallest absolute Gasteiger partial charge is 0.280 e. The van der Waals surface area contributed by atoms with Crippen LogP contribution in [0.2, 0.25) is 0 Å². The van der Waals surface area contributed by atoms with E-state index in [1.165, 1.54) is 63.0 Å². The number of carbonyl (C=O) groups is 1. The van der Waals surface area contributed by atoms with Gasteiger partial charge in [-0.1, -0.05) is 35.6 Å². The van der Waals surface area contributed by atoms with Crippen molar-refractivity contribution in [3.05, 3.63) is 108 Å². The molecule has 0 saturated carbocycles. The van der Waals surface area contributed by atoms with E-state index in [4.69, 9.17) is 9.15 Å². The van der Waals surface area contributed by atoms with E-state index < -0.39 is 15.9 Å². The Hall–Kier alpha value is -4.32. The number of hydrogen-bond donors (Lipinski definition) is 0. The Morgan fingerprint density at radius 2 is 1.88 bits per heavy atom. The molecule has 0 fully saturated rings. The molecule has 5 aromatic rings. The van der Waals surface area contributed by atoms with Gasteiger partial charge in [-0.15, -0.1) is 0 Å². The fraction of sp³-hybridized carbons (Fsp3) is 0.138. The fourth-order valence-corrected chi connectivity index (χ4v) is 6.86. The summed E-state index contributed by atoms with van der Waals surface area (Å²) in [6, 6.07) is 22.7. The molecule has 40 heavy (non-hydrogen) atoms. The van der Waals surface area contributed by atoms with E-state index in [2.05, 4.69) is 10.1 Å². The summed E-state index contributed by atoms with van der Waals surface area (Å²) in [7, 11) is -2.16. The second kappa shape index (κ2) is 10.7. The van der Waals surface area contributed by atoms with Gasteiger partial charge in [0.1, 0.15) is 11.5 Å². The molecule has 2 aromatic heterocycles. The summed E-state index contributed by atoms with van der Waals surface area (Å²) in [6.45, 7) is 0.717. The molecule has 0 saturated heterocycles. The normalized spacial score (nSPS) is 13.9. The van der Waals surface area contributed by atoms with Crippen LogP contribution in [0.3, 0.4) is 0 Å². The third-order valence-corrected chi connectivity index (χ3v) is 9.49. The van der Waals surface area contributed by atoms with Crippen molar-refractivity contribution >= 4 is 48.8 Å². The number of benzene rings is 3. The summed E-state index contributed by atoms with van der Waals surface area (Å²) >= 11 is 1.28. The Kier molecular flexibility index (Phi) is 6.93. The average molecular weight is 573 g/mol. The third kappa shape index (κ3) is 5.02. The van der Waals surface area contributed by atoms with Crippen molar-refractivity contribution in [3.8, 4) is 5.75 Å². The number of amides is 1. The molecule has 0 bridgehead atoms. The monoisotopic (exact) mass is 572 g/mol. The number of nitrogens with zero attached hydrogens (tertiary/aromatic N) is 4. The third-order valence-electron chi connectivity index (χ3n) is 6.64. The van der Waals surface area contributed by atoms with Gasteiger partial charge in [0.05, 0.1) is 34.7 Å². The second-order valence-electron chi connectivity index (χ2n) is 9.09. The number of rotatable bonds is 7. The van der Waals surface area contributed by atoms with Gasteiger partial charge in [0.15, 0.2) is 0 Å². The molecule has 9 nitrogen and oxygen atoms in total. The SMILES string of the molecule is COc1ccc2nc(N(/N=C/c3ccco3)C(=O)c3ccc(S(=O)(=O)N4CCc5ccccc5C4)cc3)sc2c1. The zero-order valence-electron chi connectivity index (χ0n) is 21.4. The Morgan fingerprint density at radius 1 is 1.07 bits per heavy atom. The number of aromatic nitrogens is 1. The summed E-state index contributed by atoms with van der Waals surface area (Å²) < 4.78 is 39.7. The number of hydrogen-bond acceptors (Lipinski definition) is 8. The number of furan rings is 1. The van der Waals surface area contributed by atoms with Crippen LogP contribution in [0.1, 0.15) is 27.2 Å². The molecule has 1 amide bonds. The van der Waals surface area contributed by atoms with Crippen molar-refractivity contribution in [1.82, 2.24) is 9.29 Å². The minimum absolute atomic E-state index is 0.126. The van der Waals surface area contributed by atoms with Crippen molar-refractivity contribution in [1.29, 1.82) is 0 Å².